The molecule has 4 nitrogen and oxygen atoms in total. The van der Waals surface area contributed by atoms with Crippen LogP contribution in [-0.4, -0.2) is 18.1 Å². The monoisotopic (exact) mass is 354 g/mol. The van der Waals surface area contributed by atoms with E-state index in [1.165, 1.54) is 7.11 Å². The van der Waals surface area contributed by atoms with Gasteiger partial charge in [-0.25, -0.2) is 0 Å². The van der Waals surface area contributed by atoms with Crippen LogP contribution in [0.15, 0.2) is 42.6 Å². The molecule has 2 N–H and O–H groups in total. The zero-order chi connectivity index (χ0) is 17.2. The van der Waals surface area contributed by atoms with E-state index < -0.39 is 0 Å². The third-order valence-corrected chi connectivity index (χ3v) is 3.45. The van der Waals surface area contributed by atoms with E-state index in [4.69, 9.17) is 28.9 Å². The molecule has 1 aromatic carbocycles. The summed E-state index contributed by atoms with van der Waals surface area (Å²) in [5.41, 5.74) is 8.01. The summed E-state index contributed by atoms with van der Waals surface area (Å²) >= 11 is 11.7. The fourth-order valence-electron chi connectivity index (χ4n) is 1.77. The third-order valence-electron chi connectivity index (χ3n) is 2.99. The normalized spacial score (nSPS) is 11.2. The molecule has 1 heterocycles. The maximum absolute atomic E-state index is 9.96. The molecule has 0 radical (unpaired) electrons. The summed E-state index contributed by atoms with van der Waals surface area (Å²) in [7, 11) is 1.38. The van der Waals surface area contributed by atoms with E-state index in [1.807, 2.05) is 30.3 Å². The summed E-state index contributed by atoms with van der Waals surface area (Å²) in [5, 5.41) is 1.34. The van der Waals surface area contributed by atoms with Crippen molar-refractivity contribution in [2.24, 2.45) is 5.73 Å². The number of rotatable bonds is 4. The number of aromatic nitrogens is 1. The number of carbonyl (C=O) groups excluding carboxylic acids is 1. The largest absolute Gasteiger partial charge is 0.469 e. The second kappa shape index (κ2) is 10.2. The minimum absolute atomic E-state index is 0.147. The van der Waals surface area contributed by atoms with Gasteiger partial charge in [-0.1, -0.05) is 42.3 Å². The highest BCUT2D eigenvalue weighted by atomic mass is 35.5. The van der Waals surface area contributed by atoms with Gasteiger partial charge < -0.3 is 10.5 Å². The summed E-state index contributed by atoms with van der Waals surface area (Å²) in [5.74, 6) is -0.157. The molecule has 0 bridgehead atoms. The van der Waals surface area contributed by atoms with Gasteiger partial charge in [-0.3, -0.25) is 9.78 Å². The van der Waals surface area contributed by atoms with Crippen LogP contribution < -0.4 is 5.73 Å². The van der Waals surface area contributed by atoms with Crippen LogP contribution >= 0.6 is 23.2 Å². The molecule has 23 heavy (non-hydrogen) atoms. The summed E-state index contributed by atoms with van der Waals surface area (Å²) in [4.78, 5) is 14.2. The Hall–Kier alpha value is -1.62. The molecule has 0 fully saturated rings. The Morgan fingerprint density at radius 2 is 2.00 bits per heavy atom. The van der Waals surface area contributed by atoms with E-state index in [0.717, 1.165) is 16.3 Å². The average Bonchev–Trinajstić information content (AvgIpc) is 2.55. The summed E-state index contributed by atoms with van der Waals surface area (Å²) in [6.45, 7) is 1.76. The van der Waals surface area contributed by atoms with Gasteiger partial charge in [0.2, 0.25) is 0 Å². The van der Waals surface area contributed by atoms with Crippen LogP contribution in [0.2, 0.25) is 10.0 Å². The van der Waals surface area contributed by atoms with Gasteiger partial charge in [0.05, 0.1) is 23.9 Å². The Kier molecular flexibility index (Phi) is 8.62. The highest BCUT2D eigenvalue weighted by molar-refractivity contribution is 6.30. The second-order valence-corrected chi connectivity index (χ2v) is 5.64. The van der Waals surface area contributed by atoms with Crippen molar-refractivity contribution in [1.82, 2.24) is 4.98 Å². The minimum Gasteiger partial charge on any atom is -0.469 e. The summed E-state index contributed by atoms with van der Waals surface area (Å²) in [6, 6.07) is 11.2. The van der Waals surface area contributed by atoms with Crippen LogP contribution in [0.25, 0.3) is 0 Å². The molecular formula is C17H20Cl2N2O2. The molecule has 0 saturated heterocycles. The predicted octanol–water partition coefficient (Wildman–Crippen LogP) is 4.20. The second-order valence-electron chi connectivity index (χ2n) is 4.77. The fourth-order valence-corrected chi connectivity index (χ4v) is 2.10. The van der Waals surface area contributed by atoms with Crippen molar-refractivity contribution < 1.29 is 9.53 Å². The van der Waals surface area contributed by atoms with Gasteiger partial charge in [-0.15, -0.1) is 0 Å². The van der Waals surface area contributed by atoms with Crippen molar-refractivity contribution in [3.63, 3.8) is 0 Å². The molecular weight excluding hydrogens is 335 g/mol. The first-order valence-corrected chi connectivity index (χ1v) is 7.90. The summed E-state index contributed by atoms with van der Waals surface area (Å²) in [6.07, 6.45) is 2.78. The van der Waals surface area contributed by atoms with E-state index in [2.05, 4.69) is 9.72 Å². The lowest BCUT2D eigenvalue weighted by Gasteiger charge is -2.11. The number of ether oxygens (including phenoxy) is 1. The number of pyridine rings is 1. The lowest BCUT2D eigenvalue weighted by molar-refractivity contribution is -0.140. The van der Waals surface area contributed by atoms with Gasteiger partial charge in [-0.2, -0.15) is 0 Å². The predicted molar refractivity (Wildman–Crippen MR) is 93.6 cm³/mol. The van der Waals surface area contributed by atoms with E-state index in [0.29, 0.717) is 17.9 Å². The van der Waals surface area contributed by atoms with Gasteiger partial charge >= 0.3 is 5.97 Å². The number of nitrogens with zero attached hydrogens (tertiary/aromatic N) is 1. The van der Waals surface area contributed by atoms with Crippen molar-refractivity contribution >= 4 is 29.2 Å². The molecule has 1 unspecified atom stereocenters. The molecule has 2 rings (SSSR count). The SMILES string of the molecule is CCC(=O)OC.NC(Cc1cccc(Cl)c1)c1ccc(Cl)cn1. The van der Waals surface area contributed by atoms with E-state index in [-0.39, 0.29) is 12.0 Å². The van der Waals surface area contributed by atoms with Gasteiger partial charge in [0, 0.05) is 17.6 Å². The molecule has 0 aliphatic carbocycles. The Bertz CT molecular complexity index is 612. The Balaban J connectivity index is 0.000000379. The smallest absolute Gasteiger partial charge is 0.305 e. The zero-order valence-electron chi connectivity index (χ0n) is 13.1. The number of hydrogen-bond acceptors (Lipinski definition) is 4. The molecule has 1 aromatic heterocycles. The quantitative estimate of drug-likeness (QED) is 0.835. The van der Waals surface area contributed by atoms with E-state index in [1.54, 1.807) is 19.2 Å². The Morgan fingerprint density at radius 1 is 1.26 bits per heavy atom. The molecule has 1 atom stereocenters. The molecule has 0 aliphatic heterocycles. The number of benzene rings is 1. The minimum atomic E-state index is -0.157. The van der Waals surface area contributed by atoms with Crippen molar-refractivity contribution in [2.75, 3.05) is 7.11 Å². The number of methoxy groups -OCH3 is 1. The molecule has 0 saturated carbocycles. The van der Waals surface area contributed by atoms with Crippen LogP contribution in [-0.2, 0) is 16.0 Å². The van der Waals surface area contributed by atoms with Crippen LogP contribution in [0, 0.1) is 0 Å². The molecule has 6 heteroatoms. The van der Waals surface area contributed by atoms with Gasteiger partial charge in [0.1, 0.15) is 0 Å². The first kappa shape index (κ1) is 19.4. The fraction of sp³-hybridized carbons (Fsp3) is 0.294. The molecule has 0 amide bonds. The lowest BCUT2D eigenvalue weighted by Crippen LogP contribution is -2.14. The van der Waals surface area contributed by atoms with Crippen molar-refractivity contribution in [3.05, 3.63) is 63.9 Å². The molecule has 2 aromatic rings. The van der Waals surface area contributed by atoms with E-state index in [9.17, 15) is 4.79 Å². The van der Waals surface area contributed by atoms with Crippen LogP contribution in [0.5, 0.6) is 0 Å². The molecule has 124 valence electrons. The zero-order valence-corrected chi connectivity index (χ0v) is 14.6. The standard InChI is InChI=1S/C13H12Cl2N2.C4H8O2/c14-10-3-1-2-9(6-10)7-12(16)13-5-4-11(15)8-17-13;1-3-4(5)6-2/h1-6,8,12H,7,16H2;3H2,1-2H3. The summed E-state index contributed by atoms with van der Waals surface area (Å²) < 4.78 is 4.26. The highest BCUT2D eigenvalue weighted by Crippen LogP contribution is 2.18. The molecule has 0 aliphatic rings. The third kappa shape index (κ3) is 7.46. The number of halogens is 2. The van der Waals surface area contributed by atoms with Crippen LogP contribution in [0.4, 0.5) is 0 Å². The average molecular weight is 355 g/mol. The lowest BCUT2D eigenvalue weighted by atomic mass is 10.0. The number of carbonyl (C=O) groups is 1. The molecule has 0 spiro atoms. The first-order chi connectivity index (χ1) is 11.0. The number of nitrogens with two attached hydrogens (primary N) is 1. The van der Waals surface area contributed by atoms with Crippen molar-refractivity contribution in [2.45, 2.75) is 25.8 Å². The number of esters is 1. The van der Waals surface area contributed by atoms with Crippen molar-refractivity contribution in [1.29, 1.82) is 0 Å². The maximum Gasteiger partial charge on any atom is 0.305 e. The topological polar surface area (TPSA) is 65.2 Å². The van der Waals surface area contributed by atoms with Gasteiger partial charge in [-0.05, 0) is 36.2 Å². The van der Waals surface area contributed by atoms with Crippen molar-refractivity contribution in [3.8, 4) is 0 Å². The Morgan fingerprint density at radius 3 is 2.48 bits per heavy atom. The van der Waals surface area contributed by atoms with Gasteiger partial charge in [0.25, 0.3) is 0 Å². The maximum atomic E-state index is 9.96. The van der Waals surface area contributed by atoms with Crippen LogP contribution in [0.3, 0.4) is 0 Å². The number of hydrogen-bond donors (Lipinski definition) is 1. The van der Waals surface area contributed by atoms with Crippen LogP contribution in [0.1, 0.15) is 30.6 Å². The first-order valence-electron chi connectivity index (χ1n) is 7.14. The van der Waals surface area contributed by atoms with Gasteiger partial charge in [0.15, 0.2) is 0 Å². The van der Waals surface area contributed by atoms with E-state index >= 15 is 0 Å². The highest BCUT2D eigenvalue weighted by Gasteiger charge is 2.08. The Labute approximate surface area is 146 Å².